The highest BCUT2D eigenvalue weighted by Crippen LogP contribution is 2.21. The van der Waals surface area contributed by atoms with Gasteiger partial charge in [-0.15, -0.1) is 0 Å². The van der Waals surface area contributed by atoms with E-state index in [9.17, 15) is 0 Å². The summed E-state index contributed by atoms with van der Waals surface area (Å²) in [7, 11) is 0. The number of rotatable bonds is 5. The van der Waals surface area contributed by atoms with E-state index < -0.39 is 0 Å². The summed E-state index contributed by atoms with van der Waals surface area (Å²) in [6, 6.07) is 9.19. The minimum Gasteiger partial charge on any atom is -0.394 e. The Kier molecular flexibility index (Phi) is 3.62. The van der Waals surface area contributed by atoms with Crippen LogP contribution in [-0.2, 0) is 25.9 Å². The monoisotopic (exact) mass is 257 g/mol. The Labute approximate surface area is 113 Å². The fraction of sp³-hybridized carbons (Fsp3) is 0.400. The highest BCUT2D eigenvalue weighted by Gasteiger charge is 2.20. The largest absolute Gasteiger partial charge is 0.394 e. The molecule has 0 aliphatic heterocycles. The van der Waals surface area contributed by atoms with Gasteiger partial charge in [0.05, 0.1) is 19.3 Å². The number of nitrogens with zero attached hydrogens (tertiary/aromatic N) is 2. The minimum atomic E-state index is 0.131. The van der Waals surface area contributed by atoms with Crippen molar-refractivity contribution in [1.82, 2.24) is 15.1 Å². The van der Waals surface area contributed by atoms with Gasteiger partial charge in [-0.1, -0.05) is 24.3 Å². The van der Waals surface area contributed by atoms with Gasteiger partial charge in [0.15, 0.2) is 0 Å². The second-order valence-electron chi connectivity index (χ2n) is 5.09. The van der Waals surface area contributed by atoms with Crippen molar-refractivity contribution in [1.29, 1.82) is 0 Å². The molecule has 2 N–H and O–H groups in total. The van der Waals surface area contributed by atoms with Gasteiger partial charge in [-0.2, -0.15) is 5.10 Å². The number of benzene rings is 1. The van der Waals surface area contributed by atoms with Gasteiger partial charge in [-0.05, 0) is 24.0 Å². The van der Waals surface area contributed by atoms with Crippen LogP contribution >= 0.6 is 0 Å². The molecule has 0 saturated heterocycles. The maximum absolute atomic E-state index is 8.86. The van der Waals surface area contributed by atoms with Crippen molar-refractivity contribution in [2.75, 3.05) is 6.61 Å². The lowest BCUT2D eigenvalue weighted by Gasteiger charge is -2.10. The average Bonchev–Trinajstić information content (AvgIpc) is 3.02. The number of hydrogen-bond acceptors (Lipinski definition) is 3. The molecular weight excluding hydrogens is 238 g/mol. The van der Waals surface area contributed by atoms with Crippen molar-refractivity contribution >= 4 is 0 Å². The van der Waals surface area contributed by atoms with Crippen LogP contribution in [0, 0.1) is 0 Å². The third-order valence-electron chi connectivity index (χ3n) is 3.66. The van der Waals surface area contributed by atoms with E-state index in [1.54, 1.807) is 4.68 Å². The summed E-state index contributed by atoms with van der Waals surface area (Å²) in [5.41, 5.74) is 4.11. The number of fused-ring (bicyclic) bond motifs is 1. The Morgan fingerprint density at radius 1 is 1.26 bits per heavy atom. The molecular formula is C15H19N3O. The molecule has 2 aromatic rings. The molecule has 0 atom stereocenters. The first-order valence-corrected chi connectivity index (χ1v) is 6.77. The quantitative estimate of drug-likeness (QED) is 0.844. The van der Waals surface area contributed by atoms with E-state index in [0.717, 1.165) is 19.4 Å². The van der Waals surface area contributed by atoms with Crippen molar-refractivity contribution in [3.05, 3.63) is 53.3 Å². The number of aliphatic hydroxyl groups is 1. The first-order valence-electron chi connectivity index (χ1n) is 6.77. The van der Waals surface area contributed by atoms with Crippen LogP contribution in [0.3, 0.4) is 0 Å². The first-order chi connectivity index (χ1) is 9.35. The number of aliphatic hydroxyl groups excluding tert-OH is 1. The van der Waals surface area contributed by atoms with E-state index >= 15 is 0 Å². The van der Waals surface area contributed by atoms with Gasteiger partial charge in [0, 0.05) is 24.3 Å². The van der Waals surface area contributed by atoms with Crippen LogP contribution in [-0.4, -0.2) is 27.5 Å². The molecule has 1 aromatic carbocycles. The lowest BCUT2D eigenvalue weighted by atomic mass is 10.1. The van der Waals surface area contributed by atoms with Crippen molar-refractivity contribution in [3.8, 4) is 0 Å². The summed E-state index contributed by atoms with van der Waals surface area (Å²) in [5, 5.41) is 16.6. The van der Waals surface area contributed by atoms with Crippen LogP contribution < -0.4 is 5.32 Å². The minimum absolute atomic E-state index is 0.131. The second-order valence-corrected chi connectivity index (χ2v) is 5.09. The van der Waals surface area contributed by atoms with Gasteiger partial charge in [-0.25, -0.2) is 0 Å². The van der Waals surface area contributed by atoms with Crippen LogP contribution in [0.25, 0.3) is 0 Å². The molecule has 0 amide bonds. The van der Waals surface area contributed by atoms with Crippen LogP contribution in [0.4, 0.5) is 0 Å². The van der Waals surface area contributed by atoms with Gasteiger partial charge in [0.25, 0.3) is 0 Å². The van der Waals surface area contributed by atoms with Crippen molar-refractivity contribution in [2.45, 2.75) is 32.0 Å². The van der Waals surface area contributed by atoms with Crippen molar-refractivity contribution < 1.29 is 5.11 Å². The van der Waals surface area contributed by atoms with Crippen LogP contribution in [0.2, 0.25) is 0 Å². The summed E-state index contributed by atoms with van der Waals surface area (Å²) in [6.07, 6.45) is 6.08. The molecule has 0 unspecified atom stereocenters. The summed E-state index contributed by atoms with van der Waals surface area (Å²) in [6.45, 7) is 1.53. The van der Waals surface area contributed by atoms with E-state index in [4.69, 9.17) is 5.11 Å². The van der Waals surface area contributed by atoms with Crippen molar-refractivity contribution in [3.63, 3.8) is 0 Å². The summed E-state index contributed by atoms with van der Waals surface area (Å²) >= 11 is 0. The molecule has 1 aliphatic rings. The lowest BCUT2D eigenvalue weighted by Crippen LogP contribution is -2.28. The van der Waals surface area contributed by atoms with E-state index in [1.807, 2.05) is 12.4 Å². The van der Waals surface area contributed by atoms with E-state index in [0.29, 0.717) is 12.6 Å². The summed E-state index contributed by atoms with van der Waals surface area (Å²) < 4.78 is 1.78. The van der Waals surface area contributed by atoms with Crippen molar-refractivity contribution in [2.24, 2.45) is 0 Å². The zero-order chi connectivity index (χ0) is 13.1. The molecule has 19 heavy (non-hydrogen) atoms. The maximum Gasteiger partial charge on any atom is 0.0640 e. The SMILES string of the molecule is OCCn1cc(CNC2Cc3ccccc3C2)cn1. The van der Waals surface area contributed by atoms with Crippen LogP contribution in [0.15, 0.2) is 36.7 Å². The molecule has 0 fully saturated rings. The Morgan fingerprint density at radius 3 is 2.68 bits per heavy atom. The number of nitrogens with one attached hydrogen (secondary N) is 1. The Hall–Kier alpha value is -1.65. The average molecular weight is 257 g/mol. The fourth-order valence-electron chi connectivity index (χ4n) is 2.69. The number of aromatic nitrogens is 2. The van der Waals surface area contributed by atoms with E-state index in [1.165, 1.54) is 16.7 Å². The van der Waals surface area contributed by atoms with Crippen LogP contribution in [0.5, 0.6) is 0 Å². The zero-order valence-electron chi connectivity index (χ0n) is 10.9. The van der Waals surface area contributed by atoms with Gasteiger partial charge in [0.2, 0.25) is 0 Å². The lowest BCUT2D eigenvalue weighted by molar-refractivity contribution is 0.269. The normalized spacial score (nSPS) is 14.8. The maximum atomic E-state index is 8.86. The molecule has 4 heteroatoms. The fourth-order valence-corrected chi connectivity index (χ4v) is 2.69. The summed E-state index contributed by atoms with van der Waals surface area (Å²) in [4.78, 5) is 0. The predicted octanol–water partition coefficient (Wildman–Crippen LogP) is 1.13. The molecule has 1 heterocycles. The smallest absolute Gasteiger partial charge is 0.0640 e. The van der Waals surface area contributed by atoms with E-state index in [-0.39, 0.29) is 6.61 Å². The Balaban J connectivity index is 1.53. The predicted molar refractivity (Wildman–Crippen MR) is 73.8 cm³/mol. The third-order valence-corrected chi connectivity index (χ3v) is 3.66. The molecule has 1 aliphatic carbocycles. The van der Waals surface area contributed by atoms with Gasteiger partial charge < -0.3 is 10.4 Å². The number of hydrogen-bond donors (Lipinski definition) is 2. The molecule has 0 bridgehead atoms. The molecule has 3 rings (SSSR count). The highest BCUT2D eigenvalue weighted by molar-refractivity contribution is 5.33. The molecule has 4 nitrogen and oxygen atoms in total. The molecule has 0 radical (unpaired) electrons. The molecule has 1 aromatic heterocycles. The van der Waals surface area contributed by atoms with Gasteiger partial charge >= 0.3 is 0 Å². The Morgan fingerprint density at radius 2 is 2.00 bits per heavy atom. The summed E-state index contributed by atoms with van der Waals surface area (Å²) in [5.74, 6) is 0. The molecule has 100 valence electrons. The Bertz CT molecular complexity index is 525. The standard InChI is InChI=1S/C15H19N3O/c19-6-5-18-11-12(10-17-18)9-16-15-7-13-3-1-2-4-14(13)8-15/h1-4,10-11,15-16,19H,5-9H2. The second kappa shape index (κ2) is 5.55. The third kappa shape index (κ3) is 2.85. The molecule has 0 saturated carbocycles. The van der Waals surface area contributed by atoms with E-state index in [2.05, 4.69) is 34.7 Å². The highest BCUT2D eigenvalue weighted by atomic mass is 16.3. The van der Waals surface area contributed by atoms with Gasteiger partial charge in [0.1, 0.15) is 0 Å². The van der Waals surface area contributed by atoms with Crippen LogP contribution in [0.1, 0.15) is 16.7 Å². The zero-order valence-corrected chi connectivity index (χ0v) is 10.9. The molecule has 0 spiro atoms. The van der Waals surface area contributed by atoms with Gasteiger partial charge in [-0.3, -0.25) is 4.68 Å². The first kappa shape index (κ1) is 12.4. The topological polar surface area (TPSA) is 50.1 Å².